The number of alkyl halides is 3. The van der Waals surface area contributed by atoms with Gasteiger partial charge in [0.2, 0.25) is 12.3 Å². The van der Waals surface area contributed by atoms with Gasteiger partial charge in [-0.05, 0) is 36.2 Å². The maximum absolute atomic E-state index is 12.0. The minimum atomic E-state index is -3.67. The van der Waals surface area contributed by atoms with Crippen LogP contribution in [0.4, 0.5) is 23.2 Å². The largest absolute Gasteiger partial charge is 0.379 e. The molecule has 35 heavy (non-hydrogen) atoms. The lowest BCUT2D eigenvalue weighted by Crippen LogP contribution is -2.36. The van der Waals surface area contributed by atoms with Crippen molar-refractivity contribution in [1.82, 2.24) is 15.2 Å². The van der Waals surface area contributed by atoms with Crippen molar-refractivity contribution in [3.63, 3.8) is 0 Å². The molecule has 194 valence electrons. The van der Waals surface area contributed by atoms with Gasteiger partial charge in [-0.15, -0.1) is 0 Å². The van der Waals surface area contributed by atoms with Gasteiger partial charge in [0.15, 0.2) is 0 Å². The van der Waals surface area contributed by atoms with Crippen molar-refractivity contribution in [2.45, 2.75) is 52.4 Å². The highest BCUT2D eigenvalue weighted by Crippen LogP contribution is 2.24. The number of anilines is 1. The number of amides is 3. The van der Waals surface area contributed by atoms with Gasteiger partial charge in [-0.25, -0.2) is 4.39 Å². The summed E-state index contributed by atoms with van der Waals surface area (Å²) in [7, 11) is 1.51. The van der Waals surface area contributed by atoms with E-state index in [9.17, 15) is 31.9 Å². The first kappa shape index (κ1) is 30.0. The Morgan fingerprint density at radius 1 is 1.20 bits per heavy atom. The van der Waals surface area contributed by atoms with Gasteiger partial charge in [0.05, 0.1) is 17.9 Å². The monoisotopic (exact) mass is 520 g/mol. The van der Waals surface area contributed by atoms with Gasteiger partial charge in [-0.3, -0.25) is 14.4 Å². The Morgan fingerprint density at radius 3 is 2.20 bits per heavy atom. The number of nitrogens with zero attached hydrogens (tertiary/aromatic N) is 1. The topological polar surface area (TPSA) is 92.2 Å². The van der Waals surface area contributed by atoms with Gasteiger partial charge in [-0.2, -0.15) is 13.2 Å². The molecular weight excluding hydrogens is 492 g/mol. The fraction of sp³-hybridized carbons (Fsp3) is 0.435. The lowest BCUT2D eigenvalue weighted by atomic mass is 10.2. The minimum Gasteiger partial charge on any atom is -0.354 e. The van der Waals surface area contributed by atoms with Gasteiger partial charge >= 0.3 is 6.68 Å². The predicted molar refractivity (Wildman–Crippen MR) is 126 cm³/mol. The Morgan fingerprint density at radius 2 is 1.77 bits per heavy atom. The average Bonchev–Trinajstić information content (AvgIpc) is 3.43. The van der Waals surface area contributed by atoms with Crippen molar-refractivity contribution >= 4 is 35.5 Å². The van der Waals surface area contributed by atoms with Crippen LogP contribution < -0.4 is 16.0 Å². The van der Waals surface area contributed by atoms with E-state index >= 15 is 0 Å². The molecule has 2 aromatic rings. The van der Waals surface area contributed by atoms with E-state index in [0.717, 1.165) is 11.6 Å². The van der Waals surface area contributed by atoms with Gasteiger partial charge < -0.3 is 20.5 Å². The molecule has 2 heterocycles. The Labute approximate surface area is 206 Å². The number of hydrogen-bond donors (Lipinski definition) is 3. The summed E-state index contributed by atoms with van der Waals surface area (Å²) >= 11 is 5.44. The SMILES string of the molecule is CC1CCCC1.CNC(=O)c1cc(NC=O)c2n1CC(=O)NC2.FC(F)F.Fc1ccc(Cl)cc1. The van der Waals surface area contributed by atoms with Crippen LogP contribution in [0.5, 0.6) is 0 Å². The Bertz CT molecular complexity index is 925. The van der Waals surface area contributed by atoms with Crippen LogP contribution in [0.1, 0.15) is 48.8 Å². The van der Waals surface area contributed by atoms with E-state index in [1.54, 1.807) is 10.6 Å². The van der Waals surface area contributed by atoms with E-state index in [1.165, 1.54) is 57.0 Å². The average molecular weight is 521 g/mol. The van der Waals surface area contributed by atoms with Crippen molar-refractivity contribution in [2.24, 2.45) is 5.92 Å². The fourth-order valence-electron chi connectivity index (χ4n) is 3.41. The predicted octanol–water partition coefficient (Wildman–Crippen LogP) is 4.90. The number of hydrogen-bond acceptors (Lipinski definition) is 3. The van der Waals surface area contributed by atoms with Crippen molar-refractivity contribution < 1.29 is 31.9 Å². The summed E-state index contributed by atoms with van der Waals surface area (Å²) in [4.78, 5) is 33.4. The summed E-state index contributed by atoms with van der Waals surface area (Å²) in [6.45, 7) is -0.947. The Kier molecular flexibility index (Phi) is 13.5. The number of carbonyl (C=O) groups is 3. The highest BCUT2D eigenvalue weighted by atomic mass is 35.5. The third-order valence-electron chi connectivity index (χ3n) is 5.08. The molecule has 0 spiro atoms. The summed E-state index contributed by atoms with van der Waals surface area (Å²) in [5, 5.41) is 8.23. The third kappa shape index (κ3) is 11.3. The molecule has 1 aliphatic heterocycles. The van der Waals surface area contributed by atoms with Crippen LogP contribution in [-0.2, 0) is 22.7 Å². The molecule has 0 bridgehead atoms. The summed E-state index contributed by atoms with van der Waals surface area (Å²) < 4.78 is 42.6. The molecule has 0 radical (unpaired) electrons. The first-order valence-corrected chi connectivity index (χ1v) is 11.2. The molecule has 4 rings (SSSR count). The van der Waals surface area contributed by atoms with Gasteiger partial charge in [0.25, 0.3) is 5.91 Å². The molecule has 12 heteroatoms. The highest BCUT2D eigenvalue weighted by Gasteiger charge is 2.24. The molecule has 2 aliphatic rings. The van der Waals surface area contributed by atoms with E-state index in [0.29, 0.717) is 29.4 Å². The maximum atomic E-state index is 12.0. The van der Waals surface area contributed by atoms with Gasteiger partial charge in [-0.1, -0.05) is 44.2 Å². The molecule has 1 fully saturated rings. The van der Waals surface area contributed by atoms with Crippen LogP contribution in [-0.4, -0.2) is 36.5 Å². The van der Waals surface area contributed by atoms with E-state index in [-0.39, 0.29) is 24.2 Å². The second-order valence-electron chi connectivity index (χ2n) is 7.67. The molecule has 0 saturated heterocycles. The molecule has 0 atom stereocenters. The summed E-state index contributed by atoms with van der Waals surface area (Å²) in [5.74, 6) is 0.343. The molecule has 0 unspecified atom stereocenters. The number of rotatable bonds is 3. The molecule has 1 aromatic carbocycles. The van der Waals surface area contributed by atoms with Crippen LogP contribution in [0.3, 0.4) is 0 Å². The van der Waals surface area contributed by atoms with Crippen LogP contribution in [0.2, 0.25) is 5.02 Å². The lowest BCUT2D eigenvalue weighted by molar-refractivity contribution is -0.122. The number of aromatic nitrogens is 1. The Balaban J connectivity index is 0.000000280. The van der Waals surface area contributed by atoms with Crippen LogP contribution in [0.25, 0.3) is 0 Å². The van der Waals surface area contributed by atoms with E-state index < -0.39 is 6.68 Å². The first-order chi connectivity index (χ1) is 16.6. The zero-order valence-corrected chi connectivity index (χ0v) is 20.2. The molecule has 1 saturated carbocycles. The van der Waals surface area contributed by atoms with Crippen LogP contribution in [0.15, 0.2) is 30.3 Å². The Hall–Kier alpha value is -3.08. The van der Waals surface area contributed by atoms with Crippen molar-refractivity contribution in [2.75, 3.05) is 12.4 Å². The van der Waals surface area contributed by atoms with Crippen molar-refractivity contribution in [3.05, 3.63) is 52.6 Å². The first-order valence-electron chi connectivity index (χ1n) is 10.8. The normalized spacial score (nSPS) is 14.1. The van der Waals surface area contributed by atoms with Gasteiger partial charge in [0.1, 0.15) is 18.1 Å². The zero-order valence-electron chi connectivity index (χ0n) is 19.4. The molecule has 7 nitrogen and oxygen atoms in total. The maximum Gasteiger partial charge on any atom is 0.379 e. The minimum absolute atomic E-state index is 0.0820. The zero-order chi connectivity index (χ0) is 26.4. The second kappa shape index (κ2) is 15.8. The molecule has 1 aromatic heterocycles. The molecule has 3 amide bonds. The van der Waals surface area contributed by atoms with Crippen LogP contribution in [0, 0.1) is 11.7 Å². The van der Waals surface area contributed by atoms with E-state index in [1.807, 2.05) is 0 Å². The van der Waals surface area contributed by atoms with Crippen molar-refractivity contribution in [3.8, 4) is 0 Å². The van der Waals surface area contributed by atoms with E-state index in [4.69, 9.17) is 11.6 Å². The summed E-state index contributed by atoms with van der Waals surface area (Å²) in [5.41, 5.74) is 1.62. The standard InChI is InChI=1S/C10H12N4O3.C6H4ClF.C6H12.CHF3/c1-11-10(17)7-2-6(13-5-15)8-3-12-9(16)4-14(7)8;7-5-1-3-6(8)4-2-5;1-6-4-2-3-5-6;2-1(3)4/h2,5H,3-4H2,1H3,(H,11,17)(H,12,16)(H,13,15);1-4H;6H,2-5H2,1H3;1H. The highest BCUT2D eigenvalue weighted by molar-refractivity contribution is 6.30. The van der Waals surface area contributed by atoms with Crippen LogP contribution >= 0.6 is 11.6 Å². The third-order valence-corrected chi connectivity index (χ3v) is 5.34. The number of fused-ring (bicyclic) bond motifs is 1. The molecular formula is C23H29ClF4N4O3. The van der Waals surface area contributed by atoms with E-state index in [2.05, 4.69) is 22.9 Å². The number of benzene rings is 1. The number of halogens is 5. The fourth-order valence-corrected chi connectivity index (χ4v) is 3.53. The quantitative estimate of drug-likeness (QED) is 0.397. The molecule has 3 N–H and O–H groups in total. The van der Waals surface area contributed by atoms with Gasteiger partial charge in [0, 0.05) is 12.1 Å². The molecule has 1 aliphatic carbocycles. The second-order valence-corrected chi connectivity index (χ2v) is 8.10. The number of nitrogens with one attached hydrogen (secondary N) is 3. The number of carbonyl (C=O) groups excluding carboxylic acids is 3. The summed E-state index contributed by atoms with van der Waals surface area (Å²) in [6.07, 6.45) is 6.49. The summed E-state index contributed by atoms with van der Waals surface area (Å²) in [6, 6.07) is 7.22. The lowest BCUT2D eigenvalue weighted by Gasteiger charge is -2.18. The smallest absolute Gasteiger partial charge is 0.354 e. The van der Waals surface area contributed by atoms with Crippen molar-refractivity contribution in [1.29, 1.82) is 0 Å².